The standard InChI is InChI=1S/C22H27FN4O3.HI/c1-4-24-22(27-13-15(2)19(14-27)21(28)29-3)26-12-16-5-10-20(25-11-16)30-18-8-6-17(23)7-9-18;/h5-11,15,19H,4,12-14H2,1-3H3,(H,24,26);1H. The lowest BCUT2D eigenvalue weighted by Gasteiger charge is -2.21. The molecule has 168 valence electrons. The maximum Gasteiger partial charge on any atom is 0.310 e. The Kier molecular flexibility index (Phi) is 9.47. The first kappa shape index (κ1) is 24.8. The number of esters is 1. The molecule has 31 heavy (non-hydrogen) atoms. The largest absolute Gasteiger partial charge is 0.469 e. The molecular formula is C22H28FIN4O3. The Labute approximate surface area is 199 Å². The second-order valence-electron chi connectivity index (χ2n) is 7.24. The van der Waals surface area contributed by atoms with Crippen LogP contribution < -0.4 is 10.1 Å². The van der Waals surface area contributed by atoms with Crippen LogP contribution in [0.2, 0.25) is 0 Å². The number of carbonyl (C=O) groups is 1. The first-order valence-corrected chi connectivity index (χ1v) is 9.99. The van der Waals surface area contributed by atoms with Crippen LogP contribution in [0.3, 0.4) is 0 Å². The van der Waals surface area contributed by atoms with E-state index in [-0.39, 0.29) is 47.6 Å². The molecule has 1 aliphatic rings. The smallest absolute Gasteiger partial charge is 0.310 e. The normalized spacial score (nSPS) is 18.3. The third-order valence-corrected chi connectivity index (χ3v) is 5.00. The van der Waals surface area contributed by atoms with Crippen LogP contribution in [0.25, 0.3) is 0 Å². The van der Waals surface area contributed by atoms with E-state index >= 15 is 0 Å². The van der Waals surface area contributed by atoms with Crippen molar-refractivity contribution in [2.45, 2.75) is 20.4 Å². The summed E-state index contributed by atoms with van der Waals surface area (Å²) < 4.78 is 23.5. The summed E-state index contributed by atoms with van der Waals surface area (Å²) >= 11 is 0. The molecule has 9 heteroatoms. The van der Waals surface area contributed by atoms with Crippen molar-refractivity contribution in [3.8, 4) is 11.6 Å². The molecule has 0 amide bonds. The summed E-state index contributed by atoms with van der Waals surface area (Å²) in [6.07, 6.45) is 1.70. The van der Waals surface area contributed by atoms with Crippen molar-refractivity contribution in [3.63, 3.8) is 0 Å². The SMILES string of the molecule is CCNC(=NCc1ccc(Oc2ccc(F)cc2)nc1)N1CC(C)C(C(=O)OC)C1.I. The molecule has 7 nitrogen and oxygen atoms in total. The minimum absolute atomic E-state index is 0. The van der Waals surface area contributed by atoms with Crippen molar-refractivity contribution in [2.24, 2.45) is 16.8 Å². The lowest BCUT2D eigenvalue weighted by Crippen LogP contribution is -2.40. The number of hydrogen-bond acceptors (Lipinski definition) is 5. The highest BCUT2D eigenvalue weighted by molar-refractivity contribution is 14.0. The fourth-order valence-corrected chi connectivity index (χ4v) is 3.38. The number of rotatable bonds is 6. The van der Waals surface area contributed by atoms with Crippen LogP contribution in [0.5, 0.6) is 11.6 Å². The van der Waals surface area contributed by atoms with Gasteiger partial charge < -0.3 is 19.7 Å². The molecule has 0 bridgehead atoms. The molecule has 1 aromatic heterocycles. The fraction of sp³-hybridized carbons (Fsp3) is 0.409. The van der Waals surface area contributed by atoms with E-state index in [0.29, 0.717) is 24.7 Å². The zero-order valence-corrected chi connectivity index (χ0v) is 20.2. The van der Waals surface area contributed by atoms with E-state index in [9.17, 15) is 9.18 Å². The molecular weight excluding hydrogens is 514 g/mol. The molecule has 1 aliphatic heterocycles. The Hall–Kier alpha value is -2.43. The summed E-state index contributed by atoms with van der Waals surface area (Å²) in [6, 6.07) is 9.43. The number of likely N-dealkylation sites (tertiary alicyclic amines) is 1. The van der Waals surface area contributed by atoms with Crippen molar-refractivity contribution in [2.75, 3.05) is 26.7 Å². The van der Waals surface area contributed by atoms with E-state index in [1.807, 2.05) is 13.0 Å². The van der Waals surface area contributed by atoms with Gasteiger partial charge in [0, 0.05) is 31.9 Å². The van der Waals surface area contributed by atoms with Gasteiger partial charge in [-0.05, 0) is 42.7 Å². The molecule has 2 heterocycles. The molecule has 3 rings (SSSR count). The summed E-state index contributed by atoms with van der Waals surface area (Å²) in [5, 5.41) is 3.29. The molecule has 1 fully saturated rings. The van der Waals surface area contributed by atoms with Crippen LogP contribution in [0.15, 0.2) is 47.6 Å². The molecule has 0 spiro atoms. The zero-order valence-electron chi connectivity index (χ0n) is 17.9. The number of aromatic nitrogens is 1. The molecule has 0 radical (unpaired) electrons. The number of carbonyl (C=O) groups excluding carboxylic acids is 1. The average molecular weight is 542 g/mol. The summed E-state index contributed by atoms with van der Waals surface area (Å²) in [4.78, 5) is 23.0. The predicted octanol–water partition coefficient (Wildman–Crippen LogP) is 3.84. The van der Waals surface area contributed by atoms with Gasteiger partial charge in [0.05, 0.1) is 19.6 Å². The third-order valence-electron chi connectivity index (χ3n) is 5.00. The van der Waals surface area contributed by atoms with Gasteiger partial charge in [0.25, 0.3) is 0 Å². The maximum atomic E-state index is 13.0. The first-order chi connectivity index (χ1) is 14.5. The average Bonchev–Trinajstić information content (AvgIpc) is 3.14. The zero-order chi connectivity index (χ0) is 21.5. The van der Waals surface area contributed by atoms with Crippen LogP contribution >= 0.6 is 24.0 Å². The number of nitrogens with one attached hydrogen (secondary N) is 1. The van der Waals surface area contributed by atoms with Gasteiger partial charge in [0.1, 0.15) is 11.6 Å². The molecule has 1 aromatic carbocycles. The lowest BCUT2D eigenvalue weighted by atomic mass is 9.99. The third kappa shape index (κ3) is 6.78. The monoisotopic (exact) mass is 542 g/mol. The lowest BCUT2D eigenvalue weighted by molar-refractivity contribution is -0.145. The Morgan fingerprint density at radius 3 is 2.61 bits per heavy atom. The number of pyridine rings is 1. The summed E-state index contributed by atoms with van der Waals surface area (Å²) in [7, 11) is 1.42. The van der Waals surface area contributed by atoms with E-state index in [0.717, 1.165) is 24.6 Å². The number of guanidine groups is 1. The highest BCUT2D eigenvalue weighted by atomic mass is 127. The minimum Gasteiger partial charge on any atom is -0.469 e. The van der Waals surface area contributed by atoms with Gasteiger partial charge in [0.2, 0.25) is 5.88 Å². The van der Waals surface area contributed by atoms with Crippen LogP contribution in [0, 0.1) is 17.7 Å². The van der Waals surface area contributed by atoms with Gasteiger partial charge in [-0.2, -0.15) is 0 Å². The predicted molar refractivity (Wildman–Crippen MR) is 127 cm³/mol. The van der Waals surface area contributed by atoms with E-state index in [2.05, 4.69) is 22.1 Å². The summed E-state index contributed by atoms with van der Waals surface area (Å²) in [5.74, 6) is 1.27. The van der Waals surface area contributed by atoms with Crippen molar-refractivity contribution >= 4 is 35.9 Å². The van der Waals surface area contributed by atoms with Gasteiger partial charge in [-0.25, -0.2) is 14.4 Å². The molecule has 0 aliphatic carbocycles. The van der Waals surface area contributed by atoms with Gasteiger partial charge in [-0.15, -0.1) is 24.0 Å². The second kappa shape index (κ2) is 11.8. The highest BCUT2D eigenvalue weighted by Gasteiger charge is 2.36. The Morgan fingerprint density at radius 2 is 2.00 bits per heavy atom. The Balaban J connectivity index is 0.00000341. The van der Waals surface area contributed by atoms with Gasteiger partial charge in [-0.3, -0.25) is 4.79 Å². The highest BCUT2D eigenvalue weighted by Crippen LogP contribution is 2.24. The molecule has 1 saturated heterocycles. The maximum absolute atomic E-state index is 13.0. The van der Waals surface area contributed by atoms with Crippen molar-refractivity contribution < 1.29 is 18.7 Å². The quantitative estimate of drug-likeness (QED) is 0.259. The molecule has 0 saturated carbocycles. The minimum atomic E-state index is -0.315. The van der Waals surface area contributed by atoms with E-state index in [4.69, 9.17) is 14.5 Å². The van der Waals surface area contributed by atoms with Crippen molar-refractivity contribution in [1.82, 2.24) is 15.2 Å². The van der Waals surface area contributed by atoms with Gasteiger partial charge in [-0.1, -0.05) is 13.0 Å². The van der Waals surface area contributed by atoms with E-state index in [1.165, 1.54) is 19.2 Å². The van der Waals surface area contributed by atoms with Crippen LogP contribution in [-0.2, 0) is 16.1 Å². The summed E-state index contributed by atoms with van der Waals surface area (Å²) in [5.41, 5.74) is 0.925. The van der Waals surface area contributed by atoms with Gasteiger partial charge in [0.15, 0.2) is 5.96 Å². The van der Waals surface area contributed by atoms with Crippen LogP contribution in [0.1, 0.15) is 19.4 Å². The number of aliphatic imine (C=N–C) groups is 1. The number of ether oxygens (including phenoxy) is 2. The van der Waals surface area contributed by atoms with E-state index < -0.39 is 0 Å². The number of benzene rings is 1. The van der Waals surface area contributed by atoms with Crippen LogP contribution in [-0.4, -0.2) is 48.6 Å². The molecule has 2 atom stereocenters. The Morgan fingerprint density at radius 1 is 1.26 bits per heavy atom. The van der Waals surface area contributed by atoms with Crippen molar-refractivity contribution in [3.05, 3.63) is 54.0 Å². The molecule has 2 aromatic rings. The van der Waals surface area contributed by atoms with Crippen molar-refractivity contribution in [1.29, 1.82) is 0 Å². The number of halogens is 2. The first-order valence-electron chi connectivity index (χ1n) is 9.99. The number of methoxy groups -OCH3 is 1. The van der Waals surface area contributed by atoms with Gasteiger partial charge >= 0.3 is 5.97 Å². The Bertz CT molecular complexity index is 877. The number of hydrogen-bond donors (Lipinski definition) is 1. The summed E-state index contributed by atoms with van der Waals surface area (Å²) in [6.45, 7) is 6.57. The van der Waals surface area contributed by atoms with Crippen LogP contribution in [0.4, 0.5) is 4.39 Å². The topological polar surface area (TPSA) is 76.1 Å². The molecule has 2 unspecified atom stereocenters. The fourth-order valence-electron chi connectivity index (χ4n) is 3.38. The van der Waals surface area contributed by atoms with E-state index in [1.54, 1.807) is 24.4 Å². The second-order valence-corrected chi connectivity index (χ2v) is 7.24. The molecule has 1 N–H and O–H groups in total. The number of nitrogens with zero attached hydrogens (tertiary/aromatic N) is 3.